The molecule has 2 aliphatic rings. The van der Waals surface area contributed by atoms with E-state index >= 15 is 0 Å². The first-order valence-electron chi connectivity index (χ1n) is 5.78. The summed E-state index contributed by atoms with van der Waals surface area (Å²) in [5, 5.41) is 0. The number of rotatable bonds is 1. The van der Waals surface area contributed by atoms with Gasteiger partial charge in [0, 0.05) is 0 Å². The van der Waals surface area contributed by atoms with Crippen molar-refractivity contribution in [3.63, 3.8) is 0 Å². The van der Waals surface area contributed by atoms with Gasteiger partial charge in [0.05, 0.1) is 0 Å². The fourth-order valence-corrected chi connectivity index (χ4v) is 2.82. The molecule has 0 unspecified atom stereocenters. The van der Waals surface area contributed by atoms with E-state index in [9.17, 15) is 4.79 Å². The number of carbonyl (C=O) groups is 1. The first-order valence-corrected chi connectivity index (χ1v) is 5.78. The highest BCUT2D eigenvalue weighted by Gasteiger charge is 2.48. The fourth-order valence-electron chi connectivity index (χ4n) is 2.82. The summed E-state index contributed by atoms with van der Waals surface area (Å²) in [5.41, 5.74) is 4.29. The molecule has 1 nitrogen and oxygen atoms in total. The van der Waals surface area contributed by atoms with Crippen LogP contribution in [-0.2, 0) is 4.79 Å². The minimum absolute atomic E-state index is 0.205. The van der Waals surface area contributed by atoms with Crippen molar-refractivity contribution in [2.45, 2.75) is 47.0 Å². The lowest BCUT2D eigenvalue weighted by Gasteiger charge is -2.35. The molecular formula is C14H20O. The third-order valence-corrected chi connectivity index (χ3v) is 4.60. The molecule has 0 aliphatic heterocycles. The molecule has 15 heavy (non-hydrogen) atoms. The Morgan fingerprint density at radius 3 is 2.53 bits per heavy atom. The maximum absolute atomic E-state index is 11.0. The molecule has 82 valence electrons. The van der Waals surface area contributed by atoms with Gasteiger partial charge in [0.15, 0.2) is 0 Å². The zero-order valence-electron chi connectivity index (χ0n) is 10.2. The predicted molar refractivity (Wildman–Crippen MR) is 62.6 cm³/mol. The van der Waals surface area contributed by atoms with Gasteiger partial charge in [-0.05, 0) is 46.8 Å². The van der Waals surface area contributed by atoms with Gasteiger partial charge in [0.25, 0.3) is 0 Å². The topological polar surface area (TPSA) is 17.1 Å². The van der Waals surface area contributed by atoms with E-state index in [0.717, 1.165) is 31.1 Å². The molecule has 0 bridgehead atoms. The number of fused-ring (bicyclic) bond motifs is 1. The van der Waals surface area contributed by atoms with Crippen LogP contribution in [0.5, 0.6) is 0 Å². The van der Waals surface area contributed by atoms with Crippen LogP contribution in [0.2, 0.25) is 0 Å². The Hall–Kier alpha value is -0.850. The SMILES string of the molecule is CC1(C)CC2=C(C=O)CCC=C2C1(C)C. The van der Waals surface area contributed by atoms with Crippen LogP contribution < -0.4 is 0 Å². The number of hydrogen-bond acceptors (Lipinski definition) is 1. The molecular weight excluding hydrogens is 184 g/mol. The first-order chi connectivity index (χ1) is 6.90. The van der Waals surface area contributed by atoms with Crippen molar-refractivity contribution in [2.75, 3.05) is 0 Å². The molecule has 0 radical (unpaired) electrons. The summed E-state index contributed by atoms with van der Waals surface area (Å²) >= 11 is 0. The average Bonchev–Trinajstić information content (AvgIpc) is 2.34. The lowest BCUT2D eigenvalue weighted by Crippen LogP contribution is -2.27. The van der Waals surface area contributed by atoms with Crippen molar-refractivity contribution in [1.82, 2.24) is 0 Å². The van der Waals surface area contributed by atoms with E-state index in [4.69, 9.17) is 0 Å². The molecule has 1 saturated carbocycles. The quantitative estimate of drug-likeness (QED) is 0.596. The van der Waals surface area contributed by atoms with E-state index < -0.39 is 0 Å². The Labute approximate surface area is 92.3 Å². The van der Waals surface area contributed by atoms with Crippen LogP contribution in [0.15, 0.2) is 22.8 Å². The van der Waals surface area contributed by atoms with Gasteiger partial charge in [-0.1, -0.05) is 33.8 Å². The molecule has 0 aromatic rings. The number of allylic oxidation sites excluding steroid dienone is 4. The Morgan fingerprint density at radius 2 is 1.93 bits per heavy atom. The van der Waals surface area contributed by atoms with Gasteiger partial charge in [0.2, 0.25) is 0 Å². The number of hydrogen-bond donors (Lipinski definition) is 0. The molecule has 0 N–H and O–H groups in total. The third kappa shape index (κ3) is 1.32. The summed E-state index contributed by atoms with van der Waals surface area (Å²) in [6.45, 7) is 9.22. The summed E-state index contributed by atoms with van der Waals surface area (Å²) in [4.78, 5) is 11.0. The Balaban J connectivity index is 2.57. The maximum atomic E-state index is 11.0. The van der Waals surface area contributed by atoms with Gasteiger partial charge in [0.1, 0.15) is 6.29 Å². The zero-order chi connectivity index (χ0) is 11.3. The van der Waals surface area contributed by atoms with E-state index in [-0.39, 0.29) is 10.8 Å². The molecule has 0 heterocycles. The van der Waals surface area contributed by atoms with E-state index in [1.807, 2.05) is 0 Å². The molecule has 0 aromatic heterocycles. The van der Waals surface area contributed by atoms with Gasteiger partial charge in [-0.2, -0.15) is 0 Å². The minimum atomic E-state index is 0.205. The van der Waals surface area contributed by atoms with Gasteiger partial charge < -0.3 is 0 Å². The van der Waals surface area contributed by atoms with Crippen LogP contribution in [0.1, 0.15) is 47.0 Å². The van der Waals surface area contributed by atoms with Crippen LogP contribution in [0.4, 0.5) is 0 Å². The highest BCUT2D eigenvalue weighted by Crippen LogP contribution is 2.59. The summed E-state index contributed by atoms with van der Waals surface area (Å²) in [5.74, 6) is 0. The highest BCUT2D eigenvalue weighted by atomic mass is 16.1. The van der Waals surface area contributed by atoms with E-state index in [1.165, 1.54) is 11.1 Å². The predicted octanol–water partition coefficient (Wildman–Crippen LogP) is 3.66. The Bertz CT molecular complexity index is 367. The lowest BCUT2D eigenvalue weighted by atomic mass is 9.69. The number of carbonyl (C=O) groups excluding carboxylic acids is 1. The molecule has 1 heteroatoms. The van der Waals surface area contributed by atoms with Gasteiger partial charge >= 0.3 is 0 Å². The molecule has 2 rings (SSSR count). The summed E-state index contributed by atoms with van der Waals surface area (Å²) in [7, 11) is 0. The molecule has 0 aromatic carbocycles. The van der Waals surface area contributed by atoms with Crippen molar-refractivity contribution in [1.29, 1.82) is 0 Å². The second kappa shape index (κ2) is 3.07. The normalized spacial score (nSPS) is 27.3. The van der Waals surface area contributed by atoms with Crippen LogP contribution >= 0.6 is 0 Å². The molecule has 0 atom stereocenters. The van der Waals surface area contributed by atoms with Crippen molar-refractivity contribution >= 4 is 6.29 Å². The van der Waals surface area contributed by atoms with Gasteiger partial charge in [-0.15, -0.1) is 0 Å². The van der Waals surface area contributed by atoms with Crippen LogP contribution in [0.25, 0.3) is 0 Å². The molecule has 0 saturated heterocycles. The second-order valence-electron chi connectivity index (χ2n) is 5.96. The number of aldehydes is 1. The van der Waals surface area contributed by atoms with Crippen molar-refractivity contribution in [3.8, 4) is 0 Å². The standard InChI is InChI=1S/C14H20O/c1-13(2)8-11-10(9-15)6-5-7-12(11)14(13,3)4/h7,9H,5-6,8H2,1-4H3. The van der Waals surface area contributed by atoms with Crippen molar-refractivity contribution in [2.24, 2.45) is 10.8 Å². The van der Waals surface area contributed by atoms with Crippen molar-refractivity contribution in [3.05, 3.63) is 22.8 Å². The van der Waals surface area contributed by atoms with Gasteiger partial charge in [-0.3, -0.25) is 4.79 Å². The van der Waals surface area contributed by atoms with Gasteiger partial charge in [-0.25, -0.2) is 0 Å². The average molecular weight is 204 g/mol. The smallest absolute Gasteiger partial charge is 0.146 e. The van der Waals surface area contributed by atoms with E-state index in [1.54, 1.807) is 0 Å². The lowest BCUT2D eigenvalue weighted by molar-refractivity contribution is -0.105. The minimum Gasteiger partial charge on any atom is -0.298 e. The highest BCUT2D eigenvalue weighted by molar-refractivity contribution is 5.78. The maximum Gasteiger partial charge on any atom is 0.146 e. The summed E-state index contributed by atoms with van der Waals surface area (Å²) < 4.78 is 0. The van der Waals surface area contributed by atoms with Crippen LogP contribution in [-0.4, -0.2) is 6.29 Å². The summed E-state index contributed by atoms with van der Waals surface area (Å²) in [6.07, 6.45) is 6.44. The largest absolute Gasteiger partial charge is 0.298 e. The van der Waals surface area contributed by atoms with Crippen LogP contribution in [0.3, 0.4) is 0 Å². The second-order valence-corrected chi connectivity index (χ2v) is 5.96. The monoisotopic (exact) mass is 204 g/mol. The summed E-state index contributed by atoms with van der Waals surface area (Å²) in [6, 6.07) is 0. The van der Waals surface area contributed by atoms with Crippen LogP contribution in [0, 0.1) is 10.8 Å². The molecule has 2 aliphatic carbocycles. The molecule has 0 amide bonds. The Morgan fingerprint density at radius 1 is 1.27 bits per heavy atom. The molecule has 1 fully saturated rings. The zero-order valence-corrected chi connectivity index (χ0v) is 10.2. The fraction of sp³-hybridized carbons (Fsp3) is 0.643. The van der Waals surface area contributed by atoms with Crippen molar-refractivity contribution < 1.29 is 4.79 Å². The third-order valence-electron chi connectivity index (χ3n) is 4.60. The molecule has 0 spiro atoms. The van der Waals surface area contributed by atoms with E-state index in [2.05, 4.69) is 33.8 Å². The first kappa shape index (κ1) is 10.7. The Kier molecular flexibility index (Phi) is 2.18. The van der Waals surface area contributed by atoms with E-state index in [0.29, 0.717) is 0 Å².